The van der Waals surface area contributed by atoms with E-state index in [1.807, 2.05) is 0 Å². The van der Waals surface area contributed by atoms with Crippen LogP contribution in [0, 0.1) is 13.8 Å². The van der Waals surface area contributed by atoms with Gasteiger partial charge >= 0.3 is 0 Å². The van der Waals surface area contributed by atoms with Gasteiger partial charge in [-0.15, -0.1) is 0 Å². The number of anilines is 2. The van der Waals surface area contributed by atoms with E-state index in [-0.39, 0.29) is 4.90 Å². The van der Waals surface area contributed by atoms with Gasteiger partial charge in [-0.3, -0.25) is 13.8 Å². The van der Waals surface area contributed by atoms with Crippen molar-refractivity contribution in [3.63, 3.8) is 0 Å². The van der Waals surface area contributed by atoms with Crippen LogP contribution >= 0.6 is 11.6 Å². The Kier molecular flexibility index (Phi) is 6.56. The zero-order valence-corrected chi connectivity index (χ0v) is 19.2. The van der Waals surface area contributed by atoms with E-state index in [4.69, 9.17) is 16.3 Å². The van der Waals surface area contributed by atoms with Crippen LogP contribution in [0.5, 0.6) is 5.75 Å². The highest BCUT2D eigenvalue weighted by molar-refractivity contribution is 7.93. The standard InChI is InChI=1S/C21H23ClN4O4S/c1-14-21(15(2)25(3)24-14)31(28,29)26(18-9-11-19(30-4)12-10-18)13-20(27)23-17-7-5-16(22)6-8-17/h5-12H,13H2,1-4H3,(H,23,27). The van der Waals surface area contributed by atoms with Gasteiger partial charge in [-0.25, -0.2) is 8.42 Å². The second-order valence-corrected chi connectivity index (χ2v) is 9.12. The van der Waals surface area contributed by atoms with Gasteiger partial charge in [-0.05, 0) is 62.4 Å². The Balaban J connectivity index is 1.99. The highest BCUT2D eigenvalue weighted by atomic mass is 35.5. The molecule has 1 heterocycles. The smallest absolute Gasteiger partial charge is 0.268 e. The molecular weight excluding hydrogens is 440 g/mol. The van der Waals surface area contributed by atoms with Gasteiger partial charge in [0.25, 0.3) is 10.0 Å². The second-order valence-electron chi connectivity index (χ2n) is 6.89. The largest absolute Gasteiger partial charge is 0.497 e. The fraction of sp³-hybridized carbons (Fsp3) is 0.238. The molecule has 8 nitrogen and oxygen atoms in total. The number of carbonyl (C=O) groups is 1. The average Bonchev–Trinajstić information content (AvgIpc) is 3.00. The molecule has 0 atom stereocenters. The number of carbonyl (C=O) groups excluding carboxylic acids is 1. The predicted octanol–water partition coefficient (Wildman–Crippen LogP) is 3.53. The molecule has 0 bridgehead atoms. The van der Waals surface area contributed by atoms with Crippen LogP contribution in [-0.2, 0) is 21.9 Å². The molecule has 0 saturated heterocycles. The summed E-state index contributed by atoms with van der Waals surface area (Å²) in [4.78, 5) is 12.8. The summed E-state index contributed by atoms with van der Waals surface area (Å²) >= 11 is 5.88. The molecule has 0 aliphatic carbocycles. The fourth-order valence-corrected chi connectivity index (χ4v) is 5.12. The Morgan fingerprint density at radius 3 is 2.26 bits per heavy atom. The zero-order valence-electron chi connectivity index (χ0n) is 17.6. The molecule has 0 saturated carbocycles. The molecule has 0 aliphatic heterocycles. The lowest BCUT2D eigenvalue weighted by Gasteiger charge is -2.24. The first-order valence-electron chi connectivity index (χ1n) is 9.36. The fourth-order valence-electron chi connectivity index (χ4n) is 3.17. The maximum absolute atomic E-state index is 13.6. The molecule has 1 aromatic heterocycles. The Morgan fingerprint density at radius 2 is 1.74 bits per heavy atom. The molecule has 1 N–H and O–H groups in total. The SMILES string of the molecule is COc1ccc(N(CC(=O)Nc2ccc(Cl)cc2)S(=O)(=O)c2c(C)nn(C)c2C)cc1. The molecule has 3 aromatic rings. The van der Waals surface area contributed by atoms with Crippen molar-refractivity contribution in [3.8, 4) is 5.75 Å². The van der Waals surface area contributed by atoms with Gasteiger partial charge < -0.3 is 10.1 Å². The van der Waals surface area contributed by atoms with Gasteiger partial charge in [0.05, 0.1) is 24.2 Å². The summed E-state index contributed by atoms with van der Waals surface area (Å²) < 4.78 is 35.0. The number of sulfonamides is 1. The second kappa shape index (κ2) is 8.99. The van der Waals surface area contributed by atoms with Crippen LogP contribution in [0.2, 0.25) is 5.02 Å². The number of aryl methyl sites for hydroxylation is 2. The van der Waals surface area contributed by atoms with Crippen LogP contribution in [0.25, 0.3) is 0 Å². The molecule has 164 valence electrons. The van der Waals surface area contributed by atoms with Crippen LogP contribution in [-0.4, -0.2) is 37.8 Å². The monoisotopic (exact) mass is 462 g/mol. The summed E-state index contributed by atoms with van der Waals surface area (Å²) in [5, 5.41) is 7.44. The summed E-state index contributed by atoms with van der Waals surface area (Å²) in [6.45, 7) is 2.87. The van der Waals surface area contributed by atoms with Gasteiger partial charge in [-0.2, -0.15) is 5.10 Å². The van der Waals surface area contributed by atoms with E-state index in [1.54, 1.807) is 69.4 Å². The average molecular weight is 463 g/mol. The van der Waals surface area contributed by atoms with Gasteiger partial charge in [0.2, 0.25) is 5.91 Å². The molecule has 0 fully saturated rings. The van der Waals surface area contributed by atoms with Crippen molar-refractivity contribution in [3.05, 3.63) is 64.9 Å². The Morgan fingerprint density at radius 1 is 1.13 bits per heavy atom. The number of methoxy groups -OCH3 is 1. The van der Waals surface area contributed by atoms with Crippen LogP contribution in [0.15, 0.2) is 53.4 Å². The van der Waals surface area contributed by atoms with E-state index < -0.39 is 22.5 Å². The highest BCUT2D eigenvalue weighted by Gasteiger charge is 2.32. The van der Waals surface area contributed by atoms with Gasteiger partial charge in [-0.1, -0.05) is 11.6 Å². The molecule has 0 aliphatic rings. The van der Waals surface area contributed by atoms with Crippen molar-refractivity contribution in [1.29, 1.82) is 0 Å². The van der Waals surface area contributed by atoms with Crippen molar-refractivity contribution in [2.75, 3.05) is 23.3 Å². The molecule has 0 spiro atoms. The maximum atomic E-state index is 13.6. The Bertz CT molecular complexity index is 1190. The summed E-state index contributed by atoms with van der Waals surface area (Å²) in [6, 6.07) is 13.0. The molecule has 1 amide bonds. The molecule has 0 unspecified atom stereocenters. The summed E-state index contributed by atoms with van der Waals surface area (Å²) in [6.07, 6.45) is 0. The first-order chi connectivity index (χ1) is 14.6. The number of ether oxygens (including phenoxy) is 1. The minimum Gasteiger partial charge on any atom is -0.497 e. The summed E-state index contributed by atoms with van der Waals surface area (Å²) in [5.74, 6) is 0.0707. The molecule has 0 radical (unpaired) electrons. The number of amides is 1. The van der Waals surface area contributed by atoms with Crippen LogP contribution in [0.4, 0.5) is 11.4 Å². The predicted molar refractivity (Wildman–Crippen MR) is 120 cm³/mol. The lowest BCUT2D eigenvalue weighted by Crippen LogP contribution is -2.38. The molecule has 3 rings (SSSR count). The van der Waals surface area contributed by atoms with Crippen LogP contribution in [0.3, 0.4) is 0 Å². The maximum Gasteiger partial charge on any atom is 0.268 e. The first kappa shape index (κ1) is 22.6. The third-order valence-electron chi connectivity index (χ3n) is 4.77. The Hall–Kier alpha value is -3.04. The van der Waals surface area contributed by atoms with Crippen molar-refractivity contribution in [1.82, 2.24) is 9.78 Å². The lowest BCUT2D eigenvalue weighted by molar-refractivity contribution is -0.114. The van der Waals surface area contributed by atoms with Gasteiger partial charge in [0.15, 0.2) is 0 Å². The quantitative estimate of drug-likeness (QED) is 0.579. The van der Waals surface area contributed by atoms with E-state index in [0.29, 0.717) is 33.5 Å². The molecule has 31 heavy (non-hydrogen) atoms. The third kappa shape index (κ3) is 4.83. The number of rotatable bonds is 7. The van der Waals surface area contributed by atoms with Crippen molar-refractivity contribution in [2.24, 2.45) is 7.05 Å². The van der Waals surface area contributed by atoms with Gasteiger partial charge in [0, 0.05) is 17.8 Å². The van der Waals surface area contributed by atoms with Crippen molar-refractivity contribution >= 4 is 38.9 Å². The van der Waals surface area contributed by atoms with Crippen molar-refractivity contribution in [2.45, 2.75) is 18.7 Å². The van der Waals surface area contributed by atoms with E-state index in [2.05, 4.69) is 10.4 Å². The first-order valence-corrected chi connectivity index (χ1v) is 11.2. The zero-order chi connectivity index (χ0) is 22.8. The van der Waals surface area contributed by atoms with Crippen LogP contribution < -0.4 is 14.4 Å². The number of halogens is 1. The van der Waals surface area contributed by atoms with E-state index in [1.165, 1.54) is 11.8 Å². The number of nitrogens with zero attached hydrogens (tertiary/aromatic N) is 3. The van der Waals surface area contributed by atoms with Crippen molar-refractivity contribution < 1.29 is 17.9 Å². The molecule has 2 aromatic carbocycles. The highest BCUT2D eigenvalue weighted by Crippen LogP contribution is 2.29. The van der Waals surface area contributed by atoms with E-state index in [0.717, 1.165) is 4.31 Å². The van der Waals surface area contributed by atoms with Crippen LogP contribution in [0.1, 0.15) is 11.4 Å². The normalized spacial score (nSPS) is 11.3. The number of nitrogens with one attached hydrogen (secondary N) is 1. The summed E-state index contributed by atoms with van der Waals surface area (Å²) in [7, 11) is -0.889. The number of benzene rings is 2. The van der Waals surface area contributed by atoms with E-state index >= 15 is 0 Å². The topological polar surface area (TPSA) is 93.5 Å². The third-order valence-corrected chi connectivity index (χ3v) is 7.05. The molecule has 10 heteroatoms. The molecular formula is C21H23ClN4O4S. The minimum absolute atomic E-state index is 0.0742. The number of hydrogen-bond donors (Lipinski definition) is 1. The number of hydrogen-bond acceptors (Lipinski definition) is 5. The number of aromatic nitrogens is 2. The lowest BCUT2D eigenvalue weighted by atomic mass is 10.3. The van der Waals surface area contributed by atoms with E-state index in [9.17, 15) is 13.2 Å². The summed E-state index contributed by atoms with van der Waals surface area (Å²) in [5.41, 5.74) is 1.68. The van der Waals surface area contributed by atoms with Gasteiger partial charge in [0.1, 0.15) is 17.2 Å². The Labute approximate surface area is 186 Å². The minimum atomic E-state index is -4.08.